The van der Waals surface area contributed by atoms with E-state index < -0.39 is 0 Å². The maximum Gasteiger partial charge on any atom is 0.257 e. The molecule has 1 saturated heterocycles. The van der Waals surface area contributed by atoms with E-state index in [1.807, 2.05) is 84.6 Å². The molecule has 0 saturated carbocycles. The van der Waals surface area contributed by atoms with Crippen molar-refractivity contribution in [3.63, 3.8) is 0 Å². The first kappa shape index (κ1) is 20.7. The van der Waals surface area contributed by atoms with Gasteiger partial charge in [0.25, 0.3) is 5.91 Å². The van der Waals surface area contributed by atoms with Gasteiger partial charge in [-0.15, -0.1) is 10.2 Å². The first-order chi connectivity index (χ1) is 15.1. The minimum Gasteiger partial charge on any atom is -0.471 e. The lowest BCUT2D eigenvalue weighted by Gasteiger charge is -2.33. The lowest BCUT2D eigenvalue weighted by atomic mass is 10.1. The summed E-state index contributed by atoms with van der Waals surface area (Å²) in [5.41, 5.74) is 0.544. The highest BCUT2D eigenvalue weighted by Gasteiger charge is 2.27. The number of nitrogens with zero attached hydrogens (tertiary/aromatic N) is 4. The van der Waals surface area contributed by atoms with E-state index in [-0.39, 0.29) is 12.0 Å². The molecule has 2 aromatic carbocycles. The van der Waals surface area contributed by atoms with Crippen molar-refractivity contribution in [3.05, 3.63) is 72.3 Å². The number of anilines is 1. The zero-order valence-electron chi connectivity index (χ0n) is 17.8. The average molecular weight is 418 g/mol. The molecule has 1 aromatic heterocycles. The summed E-state index contributed by atoms with van der Waals surface area (Å²) < 4.78 is 12.0. The molecule has 0 bridgehead atoms. The van der Waals surface area contributed by atoms with Gasteiger partial charge in [0.2, 0.25) is 5.88 Å². The molecule has 1 amide bonds. The highest BCUT2D eigenvalue weighted by atomic mass is 16.5. The molecule has 2 heterocycles. The molecule has 1 aliphatic heterocycles. The maximum absolute atomic E-state index is 13.3. The molecule has 0 aliphatic carbocycles. The van der Waals surface area contributed by atoms with Crippen molar-refractivity contribution in [3.8, 4) is 17.4 Å². The zero-order chi connectivity index (χ0) is 21.6. The lowest BCUT2D eigenvalue weighted by Crippen LogP contribution is -2.44. The second-order valence-corrected chi connectivity index (χ2v) is 7.67. The zero-order valence-corrected chi connectivity index (χ0v) is 17.8. The number of piperidine rings is 1. The molecule has 1 unspecified atom stereocenters. The first-order valence-electron chi connectivity index (χ1n) is 10.4. The molecule has 0 radical (unpaired) electrons. The number of carbonyl (C=O) groups excluding carboxylic acids is 1. The highest BCUT2D eigenvalue weighted by molar-refractivity contribution is 5.97. The summed E-state index contributed by atoms with van der Waals surface area (Å²) in [6.07, 6.45) is 1.60. The molecule has 160 valence electrons. The number of rotatable bonds is 6. The Hall–Kier alpha value is -3.61. The van der Waals surface area contributed by atoms with Crippen LogP contribution in [-0.2, 0) is 0 Å². The number of benzene rings is 2. The number of hydrogen-bond acceptors (Lipinski definition) is 6. The fraction of sp³-hybridized carbons (Fsp3) is 0.292. The van der Waals surface area contributed by atoms with Crippen LogP contribution in [0.3, 0.4) is 0 Å². The third-order valence-corrected chi connectivity index (χ3v) is 5.13. The van der Waals surface area contributed by atoms with Crippen LogP contribution in [-0.4, -0.2) is 54.3 Å². The summed E-state index contributed by atoms with van der Waals surface area (Å²) in [6.45, 7) is 1.18. The molecule has 31 heavy (non-hydrogen) atoms. The van der Waals surface area contributed by atoms with Crippen LogP contribution in [0.1, 0.15) is 23.2 Å². The van der Waals surface area contributed by atoms with Gasteiger partial charge in [0, 0.05) is 26.7 Å². The molecule has 0 N–H and O–H groups in total. The summed E-state index contributed by atoms with van der Waals surface area (Å²) >= 11 is 0. The van der Waals surface area contributed by atoms with E-state index in [4.69, 9.17) is 9.47 Å². The van der Waals surface area contributed by atoms with E-state index in [0.29, 0.717) is 36.0 Å². The van der Waals surface area contributed by atoms with Gasteiger partial charge >= 0.3 is 0 Å². The van der Waals surface area contributed by atoms with Gasteiger partial charge in [-0.3, -0.25) is 4.79 Å². The number of aromatic nitrogens is 2. The molecule has 0 spiro atoms. The van der Waals surface area contributed by atoms with Gasteiger partial charge in [-0.1, -0.05) is 30.3 Å². The van der Waals surface area contributed by atoms with Crippen molar-refractivity contribution in [1.29, 1.82) is 0 Å². The van der Waals surface area contributed by atoms with Crippen LogP contribution in [0.15, 0.2) is 66.7 Å². The Balaban J connectivity index is 1.44. The molecule has 3 aromatic rings. The second-order valence-electron chi connectivity index (χ2n) is 7.67. The molecule has 4 rings (SSSR count). The van der Waals surface area contributed by atoms with E-state index in [1.165, 1.54) is 0 Å². The third kappa shape index (κ3) is 5.12. The summed E-state index contributed by atoms with van der Waals surface area (Å²) in [6, 6.07) is 20.5. The van der Waals surface area contributed by atoms with Crippen molar-refractivity contribution in [1.82, 2.24) is 15.1 Å². The van der Waals surface area contributed by atoms with E-state index in [0.717, 1.165) is 18.7 Å². The van der Waals surface area contributed by atoms with E-state index in [9.17, 15) is 4.79 Å². The Morgan fingerprint density at radius 3 is 2.52 bits per heavy atom. The third-order valence-electron chi connectivity index (χ3n) is 5.13. The predicted molar refractivity (Wildman–Crippen MR) is 119 cm³/mol. The standard InChI is InChI=1S/C24H26N4O3/c1-27(2)22-14-15-23(26-25-22)31-19-11-8-16-28(17-19)24(29)20-12-6-7-13-21(20)30-18-9-4-3-5-10-18/h3-7,9-10,12-15,19H,8,11,16-17H2,1-2H3. The van der Waals surface area contributed by atoms with Crippen molar-refractivity contribution in [2.24, 2.45) is 0 Å². The fourth-order valence-corrected chi connectivity index (χ4v) is 3.52. The summed E-state index contributed by atoms with van der Waals surface area (Å²) in [5.74, 6) is 2.42. The summed E-state index contributed by atoms with van der Waals surface area (Å²) in [7, 11) is 3.82. The van der Waals surface area contributed by atoms with Crippen LogP contribution >= 0.6 is 0 Å². The van der Waals surface area contributed by atoms with Gasteiger partial charge in [-0.05, 0) is 43.2 Å². The van der Waals surface area contributed by atoms with Crippen LogP contribution in [0.5, 0.6) is 17.4 Å². The normalized spacial score (nSPS) is 15.9. The Morgan fingerprint density at radius 2 is 1.77 bits per heavy atom. The number of para-hydroxylation sites is 2. The Bertz CT molecular complexity index is 1010. The monoisotopic (exact) mass is 418 g/mol. The summed E-state index contributed by atoms with van der Waals surface area (Å²) in [4.78, 5) is 17.0. The van der Waals surface area contributed by atoms with Gasteiger partial charge in [0.05, 0.1) is 12.1 Å². The average Bonchev–Trinajstić information content (AvgIpc) is 2.80. The maximum atomic E-state index is 13.3. The molecular weight excluding hydrogens is 392 g/mol. The summed E-state index contributed by atoms with van der Waals surface area (Å²) in [5, 5.41) is 8.30. The number of carbonyl (C=O) groups is 1. The fourth-order valence-electron chi connectivity index (χ4n) is 3.52. The largest absolute Gasteiger partial charge is 0.471 e. The van der Waals surface area contributed by atoms with Gasteiger partial charge < -0.3 is 19.3 Å². The van der Waals surface area contributed by atoms with Crippen LogP contribution in [0.2, 0.25) is 0 Å². The number of amides is 1. The highest BCUT2D eigenvalue weighted by Crippen LogP contribution is 2.27. The minimum atomic E-state index is -0.126. The number of ether oxygens (including phenoxy) is 2. The number of hydrogen-bond donors (Lipinski definition) is 0. The SMILES string of the molecule is CN(C)c1ccc(OC2CCCN(C(=O)c3ccccc3Oc3ccccc3)C2)nn1. The predicted octanol–water partition coefficient (Wildman–Crippen LogP) is 4.02. The van der Waals surface area contributed by atoms with Crippen molar-refractivity contribution >= 4 is 11.7 Å². The Kier molecular flexibility index (Phi) is 6.31. The van der Waals surface area contributed by atoms with E-state index in [2.05, 4.69) is 10.2 Å². The van der Waals surface area contributed by atoms with Crippen molar-refractivity contribution in [2.45, 2.75) is 18.9 Å². The molecular formula is C24H26N4O3. The van der Waals surface area contributed by atoms with E-state index in [1.54, 1.807) is 6.07 Å². The first-order valence-corrected chi connectivity index (χ1v) is 10.4. The van der Waals surface area contributed by atoms with Crippen LogP contribution in [0, 0.1) is 0 Å². The molecule has 1 atom stereocenters. The van der Waals surface area contributed by atoms with Crippen molar-refractivity contribution < 1.29 is 14.3 Å². The topological polar surface area (TPSA) is 67.8 Å². The van der Waals surface area contributed by atoms with Gasteiger partial charge in [-0.25, -0.2) is 0 Å². The Morgan fingerprint density at radius 1 is 1.00 bits per heavy atom. The quantitative estimate of drug-likeness (QED) is 0.602. The van der Waals surface area contributed by atoms with E-state index >= 15 is 0 Å². The number of likely N-dealkylation sites (tertiary alicyclic amines) is 1. The van der Waals surface area contributed by atoms with Crippen LogP contribution in [0.4, 0.5) is 5.82 Å². The van der Waals surface area contributed by atoms with Crippen molar-refractivity contribution in [2.75, 3.05) is 32.1 Å². The molecule has 7 nitrogen and oxygen atoms in total. The van der Waals surface area contributed by atoms with Crippen LogP contribution in [0.25, 0.3) is 0 Å². The molecule has 7 heteroatoms. The van der Waals surface area contributed by atoms with Gasteiger partial charge in [0.1, 0.15) is 17.6 Å². The lowest BCUT2D eigenvalue weighted by molar-refractivity contribution is 0.0523. The second kappa shape index (κ2) is 9.47. The molecule has 1 fully saturated rings. The minimum absolute atomic E-state index is 0.0612. The van der Waals surface area contributed by atoms with Gasteiger partial charge in [-0.2, -0.15) is 0 Å². The Labute approximate surface area is 182 Å². The van der Waals surface area contributed by atoms with Crippen LogP contribution < -0.4 is 14.4 Å². The molecule has 1 aliphatic rings. The smallest absolute Gasteiger partial charge is 0.257 e. The van der Waals surface area contributed by atoms with Gasteiger partial charge in [0.15, 0.2) is 5.82 Å².